The minimum absolute atomic E-state index is 0.264. The van der Waals surface area contributed by atoms with Crippen LogP contribution in [0.2, 0.25) is 0 Å². The van der Waals surface area contributed by atoms with Crippen LogP contribution in [0.5, 0.6) is 0 Å². The Hall–Kier alpha value is -2.74. The van der Waals surface area contributed by atoms with Crippen LogP contribution in [0.1, 0.15) is 11.1 Å². The number of aliphatic hydroxyl groups is 2. The van der Waals surface area contributed by atoms with Crippen LogP contribution < -0.4 is 16.4 Å². The molecule has 2 amide bonds. The van der Waals surface area contributed by atoms with E-state index in [2.05, 4.69) is 10.6 Å². The van der Waals surface area contributed by atoms with E-state index in [0.717, 1.165) is 11.1 Å². The van der Waals surface area contributed by atoms with Crippen molar-refractivity contribution in [3.8, 4) is 0 Å². The molecule has 0 heterocycles. The normalized spacial score (nSPS) is 14.0. The van der Waals surface area contributed by atoms with Gasteiger partial charge in [-0.3, -0.25) is 9.59 Å². The van der Waals surface area contributed by atoms with Crippen molar-refractivity contribution < 1.29 is 19.8 Å². The van der Waals surface area contributed by atoms with Crippen LogP contribution in [0.3, 0.4) is 0 Å². The molecule has 7 nitrogen and oxygen atoms in total. The van der Waals surface area contributed by atoms with Crippen molar-refractivity contribution in [2.75, 3.05) is 13.2 Å². The Balaban J connectivity index is 1.89. The summed E-state index contributed by atoms with van der Waals surface area (Å²) in [4.78, 5) is 24.7. The van der Waals surface area contributed by atoms with Gasteiger partial charge in [0.1, 0.15) is 6.04 Å². The Morgan fingerprint density at radius 1 is 0.786 bits per heavy atom. The number of nitrogens with two attached hydrogens (primary N) is 1. The van der Waals surface area contributed by atoms with Gasteiger partial charge in [0, 0.05) is 0 Å². The van der Waals surface area contributed by atoms with E-state index in [4.69, 9.17) is 5.73 Å². The van der Waals surface area contributed by atoms with E-state index in [0.29, 0.717) is 12.8 Å². The molecule has 0 radical (unpaired) electrons. The van der Waals surface area contributed by atoms with Crippen LogP contribution in [0.15, 0.2) is 60.7 Å². The highest BCUT2D eigenvalue weighted by Gasteiger charge is 2.25. The summed E-state index contributed by atoms with van der Waals surface area (Å²) >= 11 is 0. The summed E-state index contributed by atoms with van der Waals surface area (Å²) in [6, 6.07) is 16.2. The van der Waals surface area contributed by atoms with Crippen molar-refractivity contribution in [3.63, 3.8) is 0 Å². The molecule has 0 saturated heterocycles. The van der Waals surface area contributed by atoms with Gasteiger partial charge >= 0.3 is 0 Å². The van der Waals surface area contributed by atoms with Crippen LogP contribution in [0.4, 0.5) is 0 Å². The molecule has 2 aromatic carbocycles. The minimum atomic E-state index is -1.14. The van der Waals surface area contributed by atoms with Gasteiger partial charge in [-0.25, -0.2) is 0 Å². The van der Waals surface area contributed by atoms with Crippen molar-refractivity contribution in [2.24, 2.45) is 5.73 Å². The summed E-state index contributed by atoms with van der Waals surface area (Å²) in [6.07, 6.45) is 0.752. The van der Waals surface area contributed by atoms with Crippen molar-refractivity contribution >= 4 is 11.8 Å². The molecular formula is C21H27N3O4. The molecule has 0 unspecified atom stereocenters. The average Bonchev–Trinajstić information content (AvgIpc) is 2.72. The second-order valence-electron chi connectivity index (χ2n) is 6.62. The maximum Gasteiger partial charge on any atom is 0.245 e. The van der Waals surface area contributed by atoms with Gasteiger partial charge in [-0.1, -0.05) is 60.7 Å². The van der Waals surface area contributed by atoms with Crippen molar-refractivity contribution in [1.82, 2.24) is 10.6 Å². The molecule has 0 aliphatic rings. The van der Waals surface area contributed by atoms with E-state index in [-0.39, 0.29) is 6.61 Å². The Morgan fingerprint density at radius 2 is 1.32 bits per heavy atom. The lowest BCUT2D eigenvalue weighted by molar-refractivity contribution is -0.131. The lowest BCUT2D eigenvalue weighted by Crippen LogP contribution is -2.55. The highest BCUT2D eigenvalue weighted by Crippen LogP contribution is 2.04. The second kappa shape index (κ2) is 11.2. The first-order chi connectivity index (χ1) is 13.5. The zero-order valence-corrected chi connectivity index (χ0v) is 15.6. The number of hydrogen-bond donors (Lipinski definition) is 5. The summed E-state index contributed by atoms with van der Waals surface area (Å²) in [5, 5.41) is 24.2. The number of aliphatic hydroxyl groups excluding tert-OH is 2. The molecule has 0 aliphatic heterocycles. The third-order valence-electron chi connectivity index (χ3n) is 4.34. The number of amides is 2. The first-order valence-corrected chi connectivity index (χ1v) is 9.19. The van der Waals surface area contributed by atoms with E-state index in [1.165, 1.54) is 0 Å². The van der Waals surface area contributed by atoms with Crippen LogP contribution in [-0.2, 0) is 22.4 Å². The summed E-state index contributed by atoms with van der Waals surface area (Å²) in [6.45, 7) is -0.834. The third-order valence-corrected chi connectivity index (χ3v) is 4.34. The summed E-state index contributed by atoms with van der Waals surface area (Å²) in [5.74, 6) is -1.10. The molecule has 0 bridgehead atoms. The van der Waals surface area contributed by atoms with Gasteiger partial charge < -0.3 is 26.6 Å². The molecule has 150 valence electrons. The Morgan fingerprint density at radius 3 is 1.82 bits per heavy atom. The largest absolute Gasteiger partial charge is 0.394 e. The average molecular weight is 385 g/mol. The predicted molar refractivity (Wildman–Crippen MR) is 106 cm³/mol. The summed E-state index contributed by atoms with van der Waals surface area (Å²) in [7, 11) is 0. The molecule has 0 aliphatic carbocycles. The fraction of sp³-hybridized carbons (Fsp3) is 0.333. The standard InChI is InChI=1S/C21H27N3O4/c22-18(12-16-9-5-2-6-10-16)20(27)24-19(14-26)21(28)23-17(13-25)11-15-7-3-1-4-8-15/h1-10,17-19,25-26H,11-14,22H2,(H,23,28)(H,24,27)/t17-,18-,19-/m0/s1. The zero-order valence-electron chi connectivity index (χ0n) is 15.6. The third kappa shape index (κ3) is 6.77. The number of hydrogen-bond acceptors (Lipinski definition) is 5. The second-order valence-corrected chi connectivity index (χ2v) is 6.62. The first kappa shape index (κ1) is 21.6. The first-order valence-electron chi connectivity index (χ1n) is 9.19. The van der Waals surface area contributed by atoms with E-state index in [1.54, 1.807) is 0 Å². The maximum absolute atomic E-state index is 12.4. The van der Waals surface area contributed by atoms with Gasteiger partial charge in [0.15, 0.2) is 0 Å². The topological polar surface area (TPSA) is 125 Å². The van der Waals surface area contributed by atoms with Crippen LogP contribution in [0.25, 0.3) is 0 Å². The van der Waals surface area contributed by atoms with Crippen LogP contribution >= 0.6 is 0 Å². The van der Waals surface area contributed by atoms with Crippen molar-refractivity contribution in [2.45, 2.75) is 31.0 Å². The van der Waals surface area contributed by atoms with Crippen LogP contribution in [0, 0.1) is 0 Å². The molecule has 0 saturated carbocycles. The zero-order chi connectivity index (χ0) is 20.4. The molecule has 6 N–H and O–H groups in total. The minimum Gasteiger partial charge on any atom is -0.394 e. The molecular weight excluding hydrogens is 358 g/mol. The van der Waals surface area contributed by atoms with Gasteiger partial charge in [0.05, 0.1) is 25.3 Å². The van der Waals surface area contributed by atoms with E-state index < -0.39 is 36.5 Å². The SMILES string of the molecule is N[C@@H](Cc1ccccc1)C(=O)N[C@@H](CO)C(=O)N[C@H](CO)Cc1ccccc1. The van der Waals surface area contributed by atoms with E-state index in [9.17, 15) is 19.8 Å². The van der Waals surface area contributed by atoms with Gasteiger partial charge in [0.2, 0.25) is 11.8 Å². The monoisotopic (exact) mass is 385 g/mol. The molecule has 0 fully saturated rings. The summed E-state index contributed by atoms with van der Waals surface area (Å²) in [5.41, 5.74) is 7.77. The molecule has 7 heteroatoms. The van der Waals surface area contributed by atoms with Crippen molar-refractivity contribution in [3.05, 3.63) is 71.8 Å². The summed E-state index contributed by atoms with van der Waals surface area (Å²) < 4.78 is 0. The van der Waals surface area contributed by atoms with Crippen LogP contribution in [-0.4, -0.2) is 53.4 Å². The fourth-order valence-corrected chi connectivity index (χ4v) is 2.80. The fourth-order valence-electron chi connectivity index (χ4n) is 2.80. The lowest BCUT2D eigenvalue weighted by atomic mass is 10.1. The van der Waals surface area contributed by atoms with Gasteiger partial charge in [-0.2, -0.15) is 0 Å². The quantitative estimate of drug-likeness (QED) is 0.386. The molecule has 28 heavy (non-hydrogen) atoms. The van der Waals surface area contributed by atoms with E-state index in [1.807, 2.05) is 60.7 Å². The molecule has 2 rings (SSSR count). The predicted octanol–water partition coefficient (Wildman–Crippen LogP) is -0.247. The van der Waals surface area contributed by atoms with Gasteiger partial charge in [-0.15, -0.1) is 0 Å². The number of benzene rings is 2. The number of nitrogens with one attached hydrogen (secondary N) is 2. The molecule has 0 spiro atoms. The Labute approximate surface area is 164 Å². The number of carbonyl (C=O) groups excluding carboxylic acids is 2. The number of rotatable bonds is 10. The van der Waals surface area contributed by atoms with E-state index >= 15 is 0 Å². The molecule has 3 atom stereocenters. The van der Waals surface area contributed by atoms with Crippen molar-refractivity contribution in [1.29, 1.82) is 0 Å². The maximum atomic E-state index is 12.4. The van der Waals surface area contributed by atoms with Gasteiger partial charge in [0.25, 0.3) is 0 Å². The Bertz CT molecular complexity index is 740. The highest BCUT2D eigenvalue weighted by molar-refractivity contribution is 5.90. The smallest absolute Gasteiger partial charge is 0.245 e. The molecule has 0 aromatic heterocycles. The molecule has 2 aromatic rings. The lowest BCUT2D eigenvalue weighted by Gasteiger charge is -2.22. The Kier molecular flexibility index (Phi) is 8.61. The van der Waals surface area contributed by atoms with Gasteiger partial charge in [-0.05, 0) is 24.0 Å². The highest BCUT2D eigenvalue weighted by atomic mass is 16.3. The number of carbonyl (C=O) groups is 2.